The molecule has 0 aliphatic rings. The van der Waals surface area contributed by atoms with Gasteiger partial charge in [0.2, 0.25) is 0 Å². The summed E-state index contributed by atoms with van der Waals surface area (Å²) >= 11 is 0. The fourth-order valence-electron chi connectivity index (χ4n) is 4.53. The molecule has 0 aliphatic carbocycles. The van der Waals surface area contributed by atoms with E-state index >= 15 is 0 Å². The maximum absolute atomic E-state index is 12.5. The highest BCUT2D eigenvalue weighted by Gasteiger charge is 2.28. The summed E-state index contributed by atoms with van der Waals surface area (Å²) in [7, 11) is -4.72. The zero-order chi connectivity index (χ0) is 37.1. The third-order valence-electron chi connectivity index (χ3n) is 7.55. The summed E-state index contributed by atoms with van der Waals surface area (Å²) in [5, 5.41) is 8.85. The molecule has 0 rings (SSSR count). The molecule has 0 saturated carbocycles. The molecular formula is C38H66NO10P. The van der Waals surface area contributed by atoms with Gasteiger partial charge in [-0.1, -0.05) is 101 Å². The number of allylic oxidation sites excluding steroid dienone is 8. The van der Waals surface area contributed by atoms with Gasteiger partial charge in [0, 0.05) is 12.8 Å². The van der Waals surface area contributed by atoms with E-state index < -0.39 is 51.1 Å². The highest BCUT2D eigenvalue weighted by Crippen LogP contribution is 2.43. The van der Waals surface area contributed by atoms with Gasteiger partial charge >= 0.3 is 25.7 Å². The number of hydrogen-bond acceptors (Lipinski definition) is 9. The molecule has 0 bridgehead atoms. The van der Waals surface area contributed by atoms with Crippen LogP contribution in [0.4, 0.5) is 0 Å². The first kappa shape index (κ1) is 47.4. The lowest BCUT2D eigenvalue weighted by atomic mass is 10.1. The molecular weight excluding hydrogens is 661 g/mol. The SMILES string of the molecule is CCCCC/C=C\C/C=C\CCCCCC(=O)OC[C@H](COP(=O)(O)OC[C@H](N)C(=O)O)OC(=O)CCCCC/C=C\C/C=C\CCCCC. The van der Waals surface area contributed by atoms with E-state index in [1.165, 1.54) is 38.5 Å². The number of aliphatic carboxylic acids is 1. The monoisotopic (exact) mass is 727 g/mol. The summed E-state index contributed by atoms with van der Waals surface area (Å²) in [6, 6.07) is -1.53. The van der Waals surface area contributed by atoms with Gasteiger partial charge in [-0.2, -0.15) is 0 Å². The second-order valence-electron chi connectivity index (χ2n) is 12.3. The quantitative estimate of drug-likeness (QED) is 0.0250. The van der Waals surface area contributed by atoms with Crippen LogP contribution in [0.2, 0.25) is 0 Å². The number of carbonyl (C=O) groups is 3. The Morgan fingerprint density at radius 2 is 1.06 bits per heavy atom. The minimum atomic E-state index is -4.72. The molecule has 0 aliphatic heterocycles. The fraction of sp³-hybridized carbons (Fsp3) is 0.711. The number of carboxylic acid groups (broad SMARTS) is 1. The lowest BCUT2D eigenvalue weighted by Crippen LogP contribution is -2.34. The van der Waals surface area contributed by atoms with Crippen molar-refractivity contribution in [3.63, 3.8) is 0 Å². The first-order valence-corrected chi connectivity index (χ1v) is 20.2. The van der Waals surface area contributed by atoms with Gasteiger partial charge in [-0.3, -0.25) is 23.4 Å². The van der Waals surface area contributed by atoms with E-state index in [-0.39, 0.29) is 19.4 Å². The zero-order valence-electron chi connectivity index (χ0n) is 30.7. The van der Waals surface area contributed by atoms with Crippen molar-refractivity contribution in [2.24, 2.45) is 5.73 Å². The van der Waals surface area contributed by atoms with E-state index in [1.807, 2.05) is 0 Å². The summed E-state index contributed by atoms with van der Waals surface area (Å²) in [5.41, 5.74) is 5.31. The maximum Gasteiger partial charge on any atom is 0.472 e. The number of esters is 2. The Bertz CT molecular complexity index is 1040. The van der Waals surface area contributed by atoms with Crippen molar-refractivity contribution in [1.29, 1.82) is 0 Å². The summed E-state index contributed by atoms with van der Waals surface area (Å²) in [6.45, 7) is 2.66. The van der Waals surface area contributed by atoms with Gasteiger partial charge in [0.05, 0.1) is 13.2 Å². The Kier molecular flexibility index (Phi) is 31.9. The van der Waals surface area contributed by atoms with Crippen molar-refractivity contribution in [2.45, 2.75) is 154 Å². The zero-order valence-corrected chi connectivity index (χ0v) is 31.6. The minimum Gasteiger partial charge on any atom is -0.480 e. The summed E-state index contributed by atoms with van der Waals surface area (Å²) in [5.74, 6) is -2.45. The molecule has 0 fully saturated rings. The molecule has 288 valence electrons. The standard InChI is InChI=1S/C38H66NO10P/c1-3-5-7-9-11-13-15-17-19-21-23-25-27-29-36(40)46-31-34(32-47-50(44,45)48-33-35(39)38(42)43)49-37(41)30-28-26-24-22-20-18-16-14-12-10-8-6-4-2/h11-14,17-20,34-35H,3-10,15-16,21-33,39H2,1-2H3,(H,42,43)(H,44,45)/b13-11-,14-12-,19-17-,20-18-/t34-,35+/m1/s1. The second kappa shape index (κ2) is 33.6. The Hall–Kier alpha value is -2.56. The summed E-state index contributed by atoms with van der Waals surface area (Å²) in [6.07, 6.45) is 34.7. The number of ether oxygens (including phenoxy) is 2. The van der Waals surface area contributed by atoms with Gasteiger partial charge in [0.25, 0.3) is 0 Å². The van der Waals surface area contributed by atoms with Gasteiger partial charge in [-0.25, -0.2) is 4.57 Å². The van der Waals surface area contributed by atoms with Crippen molar-refractivity contribution in [3.8, 4) is 0 Å². The average molecular weight is 728 g/mol. The minimum absolute atomic E-state index is 0.124. The van der Waals surface area contributed by atoms with Crippen molar-refractivity contribution < 1.29 is 47.5 Å². The Morgan fingerprint density at radius 3 is 1.52 bits per heavy atom. The predicted molar refractivity (Wildman–Crippen MR) is 198 cm³/mol. The molecule has 0 aromatic carbocycles. The Balaban J connectivity index is 4.56. The average Bonchev–Trinajstić information content (AvgIpc) is 3.09. The number of rotatable bonds is 34. The number of hydrogen-bond donors (Lipinski definition) is 3. The highest BCUT2D eigenvalue weighted by molar-refractivity contribution is 7.47. The topological polar surface area (TPSA) is 172 Å². The van der Waals surface area contributed by atoms with E-state index in [0.29, 0.717) is 12.8 Å². The molecule has 0 radical (unpaired) electrons. The summed E-state index contributed by atoms with van der Waals surface area (Å²) < 4.78 is 32.5. The number of phosphoric acid groups is 1. The van der Waals surface area contributed by atoms with Gasteiger partial charge < -0.3 is 25.2 Å². The van der Waals surface area contributed by atoms with Crippen LogP contribution in [0.15, 0.2) is 48.6 Å². The lowest BCUT2D eigenvalue weighted by Gasteiger charge is -2.20. The molecule has 0 spiro atoms. The first-order chi connectivity index (χ1) is 24.1. The molecule has 12 heteroatoms. The van der Waals surface area contributed by atoms with Gasteiger partial charge in [0.15, 0.2) is 6.10 Å². The molecule has 0 amide bonds. The van der Waals surface area contributed by atoms with Crippen LogP contribution in [0, 0.1) is 0 Å². The van der Waals surface area contributed by atoms with E-state index in [1.54, 1.807) is 0 Å². The number of carbonyl (C=O) groups excluding carboxylic acids is 2. The second-order valence-corrected chi connectivity index (χ2v) is 13.8. The molecule has 0 aromatic rings. The van der Waals surface area contributed by atoms with Crippen molar-refractivity contribution in [3.05, 3.63) is 48.6 Å². The Morgan fingerprint density at radius 1 is 0.620 bits per heavy atom. The maximum atomic E-state index is 12.5. The number of carboxylic acids is 1. The molecule has 4 N–H and O–H groups in total. The van der Waals surface area contributed by atoms with Crippen molar-refractivity contribution >= 4 is 25.7 Å². The number of unbranched alkanes of at least 4 members (excludes halogenated alkanes) is 12. The van der Waals surface area contributed by atoms with E-state index in [2.05, 4.69) is 67.0 Å². The van der Waals surface area contributed by atoms with Gasteiger partial charge in [-0.15, -0.1) is 0 Å². The normalized spacial score (nSPS) is 14.5. The first-order valence-electron chi connectivity index (χ1n) is 18.7. The summed E-state index contributed by atoms with van der Waals surface area (Å²) in [4.78, 5) is 45.7. The highest BCUT2D eigenvalue weighted by atomic mass is 31.2. The van der Waals surface area contributed by atoms with Crippen LogP contribution in [-0.4, -0.2) is 59.9 Å². The molecule has 0 saturated heterocycles. The van der Waals surface area contributed by atoms with Crippen LogP contribution in [0.1, 0.15) is 142 Å². The van der Waals surface area contributed by atoms with Crippen molar-refractivity contribution in [2.75, 3.05) is 19.8 Å². The number of phosphoric ester groups is 1. The fourth-order valence-corrected chi connectivity index (χ4v) is 5.31. The van der Waals surface area contributed by atoms with Gasteiger partial charge in [0.1, 0.15) is 12.6 Å². The molecule has 11 nitrogen and oxygen atoms in total. The molecule has 50 heavy (non-hydrogen) atoms. The van der Waals surface area contributed by atoms with E-state index in [4.69, 9.17) is 24.8 Å². The predicted octanol–water partition coefficient (Wildman–Crippen LogP) is 9.05. The van der Waals surface area contributed by atoms with Crippen LogP contribution < -0.4 is 5.73 Å². The number of nitrogens with two attached hydrogens (primary N) is 1. The third-order valence-corrected chi connectivity index (χ3v) is 8.50. The van der Waals surface area contributed by atoms with Crippen LogP contribution in [0.3, 0.4) is 0 Å². The van der Waals surface area contributed by atoms with E-state index in [0.717, 1.165) is 64.2 Å². The lowest BCUT2D eigenvalue weighted by molar-refractivity contribution is -0.161. The molecule has 3 atom stereocenters. The van der Waals surface area contributed by atoms with E-state index in [9.17, 15) is 23.8 Å². The third kappa shape index (κ3) is 32.6. The van der Waals surface area contributed by atoms with Crippen LogP contribution in [0.25, 0.3) is 0 Å². The van der Waals surface area contributed by atoms with Crippen LogP contribution >= 0.6 is 7.82 Å². The van der Waals surface area contributed by atoms with Crippen molar-refractivity contribution in [1.82, 2.24) is 0 Å². The Labute approximate surface area is 301 Å². The smallest absolute Gasteiger partial charge is 0.472 e. The van der Waals surface area contributed by atoms with Crippen LogP contribution in [-0.2, 0) is 37.5 Å². The largest absolute Gasteiger partial charge is 0.480 e. The van der Waals surface area contributed by atoms with Gasteiger partial charge in [-0.05, 0) is 77.0 Å². The molecule has 0 aromatic heterocycles. The molecule has 0 heterocycles. The molecule has 1 unspecified atom stereocenters. The van der Waals surface area contributed by atoms with Crippen LogP contribution in [0.5, 0.6) is 0 Å².